The van der Waals surface area contributed by atoms with E-state index in [2.05, 4.69) is 4.90 Å². The predicted octanol–water partition coefficient (Wildman–Crippen LogP) is 2.61. The Bertz CT molecular complexity index is 675. The van der Waals surface area contributed by atoms with E-state index in [4.69, 9.17) is 4.74 Å². The third-order valence-corrected chi connectivity index (χ3v) is 4.79. The Labute approximate surface area is 147 Å². The fraction of sp³-hybridized carbons (Fsp3) is 0.611. The van der Waals surface area contributed by atoms with Crippen LogP contribution in [-0.2, 0) is 17.6 Å². The van der Waals surface area contributed by atoms with Gasteiger partial charge in [-0.05, 0) is 44.7 Å². The highest BCUT2D eigenvalue weighted by Crippen LogP contribution is 2.29. The second-order valence-electron chi connectivity index (χ2n) is 7.78. The van der Waals surface area contributed by atoms with Gasteiger partial charge in [-0.3, -0.25) is 15.0 Å². The average molecular weight is 347 g/mol. The molecule has 0 bridgehead atoms. The molecule has 0 aromatic heterocycles. The number of hydrogen-bond donors (Lipinski definition) is 0. The monoisotopic (exact) mass is 347 g/mol. The summed E-state index contributed by atoms with van der Waals surface area (Å²) in [5, 5.41) is 10.9. The number of piperazine rings is 1. The van der Waals surface area contributed by atoms with Crippen LogP contribution in [-0.4, -0.2) is 58.6 Å². The average Bonchev–Trinajstić information content (AvgIpc) is 2.96. The highest BCUT2D eigenvalue weighted by Gasteiger charge is 2.32. The molecule has 136 valence electrons. The summed E-state index contributed by atoms with van der Waals surface area (Å²) in [5.41, 5.74) is 1.96. The van der Waals surface area contributed by atoms with E-state index >= 15 is 0 Å². The Hall–Kier alpha value is -2.15. The highest BCUT2D eigenvalue weighted by atomic mass is 16.6. The van der Waals surface area contributed by atoms with Gasteiger partial charge in [-0.1, -0.05) is 6.07 Å². The predicted molar refractivity (Wildman–Crippen MR) is 93.7 cm³/mol. The number of benzene rings is 1. The Morgan fingerprint density at radius 2 is 1.80 bits per heavy atom. The molecule has 25 heavy (non-hydrogen) atoms. The van der Waals surface area contributed by atoms with Crippen LogP contribution in [0.2, 0.25) is 0 Å². The van der Waals surface area contributed by atoms with Crippen LogP contribution in [0.15, 0.2) is 18.2 Å². The smallest absolute Gasteiger partial charge is 0.410 e. The van der Waals surface area contributed by atoms with Crippen LogP contribution in [0.5, 0.6) is 0 Å². The molecule has 1 fully saturated rings. The van der Waals surface area contributed by atoms with Crippen LogP contribution < -0.4 is 0 Å². The van der Waals surface area contributed by atoms with Crippen molar-refractivity contribution in [3.8, 4) is 0 Å². The molecule has 1 saturated heterocycles. The number of fused-ring (bicyclic) bond motifs is 1. The summed E-state index contributed by atoms with van der Waals surface area (Å²) in [6, 6.07) is 5.52. The maximum absolute atomic E-state index is 12.1. The van der Waals surface area contributed by atoms with Crippen molar-refractivity contribution < 1.29 is 14.5 Å². The van der Waals surface area contributed by atoms with Crippen molar-refractivity contribution in [3.63, 3.8) is 0 Å². The van der Waals surface area contributed by atoms with Gasteiger partial charge in [0.1, 0.15) is 5.60 Å². The molecule has 7 nitrogen and oxygen atoms in total. The summed E-state index contributed by atoms with van der Waals surface area (Å²) < 4.78 is 5.43. The molecule has 3 rings (SSSR count). The highest BCUT2D eigenvalue weighted by molar-refractivity contribution is 5.68. The van der Waals surface area contributed by atoms with Crippen LogP contribution in [0.4, 0.5) is 10.5 Å². The van der Waals surface area contributed by atoms with Gasteiger partial charge >= 0.3 is 6.09 Å². The topological polar surface area (TPSA) is 75.9 Å². The number of carbonyl (C=O) groups excluding carboxylic acids is 1. The third-order valence-electron chi connectivity index (χ3n) is 4.79. The minimum Gasteiger partial charge on any atom is -0.444 e. The van der Waals surface area contributed by atoms with Gasteiger partial charge in [0.25, 0.3) is 5.69 Å². The van der Waals surface area contributed by atoms with Gasteiger partial charge in [0, 0.05) is 44.4 Å². The summed E-state index contributed by atoms with van der Waals surface area (Å²) in [4.78, 5) is 26.9. The van der Waals surface area contributed by atoms with Crippen molar-refractivity contribution in [1.29, 1.82) is 0 Å². The molecule has 0 N–H and O–H groups in total. The molecule has 1 heterocycles. The fourth-order valence-corrected chi connectivity index (χ4v) is 3.55. The zero-order chi connectivity index (χ0) is 18.2. The standard InChI is InChI=1S/C18H25N3O4/c1-18(2,3)25-17(22)20-8-6-19(7-9-20)16-10-13-4-5-15(21(23)24)11-14(13)12-16/h4-5,11,16H,6-10,12H2,1-3H3. The lowest BCUT2D eigenvalue weighted by Crippen LogP contribution is -2.53. The van der Waals surface area contributed by atoms with E-state index in [9.17, 15) is 14.9 Å². The molecule has 0 radical (unpaired) electrons. The maximum atomic E-state index is 12.1. The van der Waals surface area contributed by atoms with E-state index in [-0.39, 0.29) is 16.7 Å². The van der Waals surface area contributed by atoms with Gasteiger partial charge in [0.15, 0.2) is 0 Å². The summed E-state index contributed by atoms with van der Waals surface area (Å²) in [7, 11) is 0. The first-order valence-electron chi connectivity index (χ1n) is 8.71. The SMILES string of the molecule is CC(C)(C)OC(=O)N1CCN(C2Cc3ccc([N+](=O)[O-])cc3C2)CC1. The van der Waals surface area contributed by atoms with Gasteiger partial charge in [-0.15, -0.1) is 0 Å². The van der Waals surface area contributed by atoms with E-state index in [0.717, 1.165) is 31.5 Å². The Balaban J connectivity index is 1.56. The zero-order valence-electron chi connectivity index (χ0n) is 15.0. The first kappa shape index (κ1) is 17.7. The Morgan fingerprint density at radius 3 is 2.40 bits per heavy atom. The molecular formula is C18H25N3O4. The molecule has 1 aliphatic heterocycles. The first-order valence-corrected chi connectivity index (χ1v) is 8.71. The van der Waals surface area contributed by atoms with E-state index in [0.29, 0.717) is 19.1 Å². The fourth-order valence-electron chi connectivity index (χ4n) is 3.55. The van der Waals surface area contributed by atoms with E-state index in [1.54, 1.807) is 17.0 Å². The lowest BCUT2D eigenvalue weighted by Gasteiger charge is -2.38. The van der Waals surface area contributed by atoms with Crippen molar-refractivity contribution in [2.24, 2.45) is 0 Å². The van der Waals surface area contributed by atoms with Crippen molar-refractivity contribution in [2.75, 3.05) is 26.2 Å². The largest absolute Gasteiger partial charge is 0.444 e. The van der Waals surface area contributed by atoms with E-state index in [1.807, 2.05) is 26.8 Å². The van der Waals surface area contributed by atoms with Gasteiger partial charge < -0.3 is 9.64 Å². The number of nitrogens with zero attached hydrogens (tertiary/aromatic N) is 3. The quantitative estimate of drug-likeness (QED) is 0.607. The molecular weight excluding hydrogens is 322 g/mol. The molecule has 1 unspecified atom stereocenters. The number of nitro benzene ring substituents is 1. The molecule has 7 heteroatoms. The van der Waals surface area contributed by atoms with E-state index in [1.165, 1.54) is 5.56 Å². The van der Waals surface area contributed by atoms with Gasteiger partial charge in [0.2, 0.25) is 0 Å². The van der Waals surface area contributed by atoms with Crippen molar-refractivity contribution in [1.82, 2.24) is 9.80 Å². The first-order chi connectivity index (χ1) is 11.7. The van der Waals surface area contributed by atoms with Crippen LogP contribution in [0, 0.1) is 10.1 Å². The normalized spacial score (nSPS) is 21.1. The molecule has 0 saturated carbocycles. The summed E-state index contributed by atoms with van der Waals surface area (Å²) in [5.74, 6) is 0. The molecule has 0 spiro atoms. The maximum Gasteiger partial charge on any atom is 0.410 e. The molecule has 1 aromatic carbocycles. The number of nitro groups is 1. The minimum atomic E-state index is -0.476. The summed E-state index contributed by atoms with van der Waals surface area (Å²) in [6.07, 6.45) is 1.50. The Kier molecular flexibility index (Phi) is 4.69. The van der Waals surface area contributed by atoms with Crippen LogP contribution >= 0.6 is 0 Å². The number of ether oxygens (including phenoxy) is 1. The van der Waals surface area contributed by atoms with Crippen molar-refractivity contribution in [2.45, 2.75) is 45.3 Å². The van der Waals surface area contributed by atoms with Gasteiger partial charge in [-0.25, -0.2) is 4.79 Å². The number of hydrogen-bond acceptors (Lipinski definition) is 5. The second kappa shape index (κ2) is 6.63. The summed E-state index contributed by atoms with van der Waals surface area (Å²) in [6.45, 7) is 8.53. The van der Waals surface area contributed by atoms with Crippen LogP contribution in [0.1, 0.15) is 31.9 Å². The van der Waals surface area contributed by atoms with Crippen LogP contribution in [0.3, 0.4) is 0 Å². The Morgan fingerprint density at radius 1 is 1.16 bits per heavy atom. The van der Waals surface area contributed by atoms with E-state index < -0.39 is 5.60 Å². The van der Waals surface area contributed by atoms with Crippen LogP contribution in [0.25, 0.3) is 0 Å². The molecule has 1 amide bonds. The van der Waals surface area contributed by atoms with Gasteiger partial charge in [-0.2, -0.15) is 0 Å². The molecule has 2 aliphatic rings. The van der Waals surface area contributed by atoms with Gasteiger partial charge in [0.05, 0.1) is 4.92 Å². The molecule has 1 atom stereocenters. The molecule has 1 aliphatic carbocycles. The second-order valence-corrected chi connectivity index (χ2v) is 7.78. The number of rotatable bonds is 2. The molecule has 1 aromatic rings. The third kappa shape index (κ3) is 4.10. The minimum absolute atomic E-state index is 0.161. The lowest BCUT2D eigenvalue weighted by molar-refractivity contribution is -0.384. The van der Waals surface area contributed by atoms with Crippen molar-refractivity contribution in [3.05, 3.63) is 39.4 Å². The summed E-state index contributed by atoms with van der Waals surface area (Å²) >= 11 is 0. The van der Waals surface area contributed by atoms with Crippen molar-refractivity contribution >= 4 is 11.8 Å². The number of amides is 1. The number of non-ortho nitro benzene ring substituents is 1. The lowest BCUT2D eigenvalue weighted by atomic mass is 10.1. The zero-order valence-corrected chi connectivity index (χ0v) is 15.0. The number of carbonyl (C=O) groups is 1.